The van der Waals surface area contributed by atoms with Gasteiger partial charge in [-0.05, 0) is 37.8 Å². The second-order valence-electron chi connectivity index (χ2n) is 7.31. The number of pyridine rings is 1. The van der Waals surface area contributed by atoms with E-state index < -0.39 is 0 Å². The molecule has 3 heterocycles. The Hall–Kier alpha value is -1.88. The predicted octanol–water partition coefficient (Wildman–Crippen LogP) is 3.00. The van der Waals surface area contributed by atoms with Crippen LogP contribution in [-0.4, -0.2) is 45.5 Å². The topological polar surface area (TPSA) is 46.8 Å². The molecular weight excluding hydrogens is 302 g/mol. The van der Waals surface area contributed by atoms with Crippen LogP contribution in [0.4, 0.5) is 0 Å². The zero-order chi connectivity index (χ0) is 16.1. The number of morpholine rings is 1. The molecule has 2 aromatic rings. The minimum absolute atomic E-state index is 0.0887. The number of ether oxygens (including phenoxy) is 1. The van der Waals surface area contributed by atoms with E-state index in [4.69, 9.17) is 9.72 Å². The fourth-order valence-corrected chi connectivity index (χ4v) is 4.33. The van der Waals surface area contributed by atoms with Crippen molar-refractivity contribution in [3.05, 3.63) is 35.9 Å². The molecular formula is C19H23N3O2. The summed E-state index contributed by atoms with van der Waals surface area (Å²) in [6.07, 6.45) is 9.15. The molecule has 0 spiro atoms. The van der Waals surface area contributed by atoms with Gasteiger partial charge in [-0.2, -0.15) is 0 Å². The zero-order valence-electron chi connectivity index (χ0n) is 13.9. The molecule has 0 aromatic carbocycles. The number of rotatable bonds is 2. The summed E-state index contributed by atoms with van der Waals surface area (Å²) in [5.41, 5.74) is 1.58. The Morgan fingerprint density at radius 1 is 1.17 bits per heavy atom. The fourth-order valence-electron chi connectivity index (χ4n) is 4.33. The van der Waals surface area contributed by atoms with Crippen LogP contribution in [0.25, 0.3) is 5.52 Å². The molecule has 0 N–H and O–H groups in total. The van der Waals surface area contributed by atoms with Gasteiger partial charge in [0.2, 0.25) is 0 Å². The number of carbonyl (C=O) groups is 1. The SMILES string of the molecule is O=C(c1nc(C2CC2)n2ccccc12)N1CCOC2CCCCC21. The van der Waals surface area contributed by atoms with E-state index in [1.807, 2.05) is 29.3 Å². The third kappa shape index (κ3) is 2.25. The first-order valence-electron chi connectivity index (χ1n) is 9.22. The second kappa shape index (κ2) is 5.59. The average molecular weight is 325 g/mol. The molecule has 3 aliphatic rings. The molecule has 2 saturated carbocycles. The van der Waals surface area contributed by atoms with Gasteiger partial charge in [-0.15, -0.1) is 0 Å². The van der Waals surface area contributed by atoms with Gasteiger partial charge in [0.25, 0.3) is 5.91 Å². The summed E-state index contributed by atoms with van der Waals surface area (Å²) < 4.78 is 8.03. The van der Waals surface area contributed by atoms with Crippen LogP contribution in [0.2, 0.25) is 0 Å². The normalized spacial score (nSPS) is 27.2. The van der Waals surface area contributed by atoms with Gasteiger partial charge in [0, 0.05) is 18.7 Å². The molecule has 5 nitrogen and oxygen atoms in total. The first-order chi connectivity index (χ1) is 11.8. The van der Waals surface area contributed by atoms with E-state index in [1.165, 1.54) is 25.7 Å². The van der Waals surface area contributed by atoms with Crippen molar-refractivity contribution >= 4 is 11.4 Å². The Kier molecular flexibility index (Phi) is 3.37. The molecule has 0 radical (unpaired) electrons. The van der Waals surface area contributed by atoms with Crippen molar-refractivity contribution in [3.8, 4) is 0 Å². The summed E-state index contributed by atoms with van der Waals surface area (Å²) in [5.74, 6) is 1.67. The summed E-state index contributed by atoms with van der Waals surface area (Å²) in [7, 11) is 0. The van der Waals surface area contributed by atoms with Crippen LogP contribution in [0.15, 0.2) is 24.4 Å². The van der Waals surface area contributed by atoms with Crippen molar-refractivity contribution in [1.29, 1.82) is 0 Å². The quantitative estimate of drug-likeness (QED) is 0.853. The molecule has 2 unspecified atom stereocenters. The molecule has 0 bridgehead atoms. The molecule has 1 aliphatic heterocycles. The molecule has 2 atom stereocenters. The first kappa shape index (κ1) is 14.5. The standard InChI is InChI=1S/C19H23N3O2/c23-19(22-11-12-24-16-7-2-1-5-14(16)22)17-15-6-3-4-10-21(15)18(20-17)13-8-9-13/h3-4,6,10,13-14,16H,1-2,5,7-9,11-12H2. The summed E-state index contributed by atoms with van der Waals surface area (Å²) in [4.78, 5) is 20.2. The largest absolute Gasteiger partial charge is 0.374 e. The molecule has 24 heavy (non-hydrogen) atoms. The van der Waals surface area contributed by atoms with Crippen molar-refractivity contribution in [1.82, 2.24) is 14.3 Å². The number of aromatic nitrogens is 2. The van der Waals surface area contributed by atoms with Gasteiger partial charge in [-0.1, -0.05) is 18.9 Å². The van der Waals surface area contributed by atoms with Gasteiger partial charge >= 0.3 is 0 Å². The van der Waals surface area contributed by atoms with Gasteiger partial charge in [0.1, 0.15) is 5.82 Å². The average Bonchev–Trinajstić information content (AvgIpc) is 3.41. The van der Waals surface area contributed by atoms with E-state index in [2.05, 4.69) is 4.40 Å². The van der Waals surface area contributed by atoms with Crippen LogP contribution in [0.5, 0.6) is 0 Å². The van der Waals surface area contributed by atoms with Crippen LogP contribution in [0.3, 0.4) is 0 Å². The molecule has 1 amide bonds. The lowest BCUT2D eigenvalue weighted by atomic mass is 9.90. The summed E-state index contributed by atoms with van der Waals surface area (Å²) in [6.45, 7) is 1.33. The van der Waals surface area contributed by atoms with Crippen molar-refractivity contribution in [2.24, 2.45) is 0 Å². The highest BCUT2D eigenvalue weighted by Crippen LogP contribution is 2.40. The number of hydrogen-bond donors (Lipinski definition) is 0. The third-order valence-corrected chi connectivity index (χ3v) is 5.71. The predicted molar refractivity (Wildman–Crippen MR) is 90.2 cm³/mol. The highest BCUT2D eigenvalue weighted by atomic mass is 16.5. The Morgan fingerprint density at radius 3 is 2.92 bits per heavy atom. The lowest BCUT2D eigenvalue weighted by molar-refractivity contribution is -0.0753. The second-order valence-corrected chi connectivity index (χ2v) is 7.31. The molecule has 5 heteroatoms. The lowest BCUT2D eigenvalue weighted by Gasteiger charge is -2.43. The third-order valence-electron chi connectivity index (χ3n) is 5.71. The van der Waals surface area contributed by atoms with E-state index in [-0.39, 0.29) is 18.1 Å². The van der Waals surface area contributed by atoms with Crippen LogP contribution in [0.1, 0.15) is 60.8 Å². The van der Waals surface area contributed by atoms with E-state index in [0.29, 0.717) is 24.8 Å². The summed E-state index contributed by atoms with van der Waals surface area (Å²) >= 11 is 0. The van der Waals surface area contributed by atoms with Gasteiger partial charge in [0.05, 0.1) is 24.3 Å². The molecule has 1 saturated heterocycles. The highest BCUT2D eigenvalue weighted by Gasteiger charge is 2.39. The van der Waals surface area contributed by atoms with Crippen LogP contribution in [-0.2, 0) is 4.74 Å². The van der Waals surface area contributed by atoms with E-state index in [9.17, 15) is 4.79 Å². The van der Waals surface area contributed by atoms with Crippen LogP contribution in [0, 0.1) is 0 Å². The smallest absolute Gasteiger partial charge is 0.275 e. The van der Waals surface area contributed by atoms with Crippen molar-refractivity contribution in [2.75, 3.05) is 13.2 Å². The van der Waals surface area contributed by atoms with Crippen molar-refractivity contribution < 1.29 is 9.53 Å². The number of fused-ring (bicyclic) bond motifs is 2. The summed E-state index contributed by atoms with van der Waals surface area (Å²) in [6, 6.07) is 6.25. The van der Waals surface area contributed by atoms with Crippen molar-refractivity contribution in [3.63, 3.8) is 0 Å². The van der Waals surface area contributed by atoms with Crippen LogP contribution >= 0.6 is 0 Å². The fraction of sp³-hybridized carbons (Fsp3) is 0.579. The Morgan fingerprint density at radius 2 is 2.04 bits per heavy atom. The molecule has 126 valence electrons. The number of amides is 1. The summed E-state index contributed by atoms with van der Waals surface area (Å²) in [5, 5.41) is 0. The number of nitrogens with zero attached hydrogens (tertiary/aromatic N) is 3. The monoisotopic (exact) mass is 325 g/mol. The minimum Gasteiger partial charge on any atom is -0.374 e. The first-order valence-corrected chi connectivity index (χ1v) is 9.22. The Bertz CT molecular complexity index is 778. The molecule has 3 fully saturated rings. The number of carbonyl (C=O) groups excluding carboxylic acids is 1. The molecule has 5 rings (SSSR count). The van der Waals surface area contributed by atoms with Gasteiger partial charge < -0.3 is 14.0 Å². The molecule has 2 aromatic heterocycles. The lowest BCUT2D eigenvalue weighted by Crippen LogP contribution is -2.54. The van der Waals surface area contributed by atoms with E-state index in [1.54, 1.807) is 0 Å². The van der Waals surface area contributed by atoms with E-state index >= 15 is 0 Å². The maximum absolute atomic E-state index is 13.3. The van der Waals surface area contributed by atoms with Gasteiger partial charge in [-0.3, -0.25) is 4.79 Å². The Balaban J connectivity index is 1.53. The highest BCUT2D eigenvalue weighted by molar-refractivity contribution is 5.99. The maximum atomic E-state index is 13.3. The van der Waals surface area contributed by atoms with E-state index in [0.717, 1.165) is 24.2 Å². The van der Waals surface area contributed by atoms with Crippen LogP contribution < -0.4 is 0 Å². The number of imidazole rings is 1. The van der Waals surface area contributed by atoms with Gasteiger partial charge in [-0.25, -0.2) is 4.98 Å². The molecule has 2 aliphatic carbocycles. The van der Waals surface area contributed by atoms with Gasteiger partial charge in [0.15, 0.2) is 5.69 Å². The maximum Gasteiger partial charge on any atom is 0.275 e. The Labute approximate surface area is 141 Å². The minimum atomic E-state index is 0.0887. The number of hydrogen-bond acceptors (Lipinski definition) is 3. The zero-order valence-corrected chi connectivity index (χ0v) is 13.9. The van der Waals surface area contributed by atoms with Crippen molar-refractivity contribution in [2.45, 2.75) is 56.6 Å².